The summed E-state index contributed by atoms with van der Waals surface area (Å²) in [6.45, 7) is 6.64. The number of likely N-dealkylation sites (tertiary alicyclic amines) is 1. The molecule has 1 unspecified atom stereocenters. The van der Waals surface area contributed by atoms with Gasteiger partial charge in [0.2, 0.25) is 6.10 Å². The minimum absolute atomic E-state index is 0.0469. The summed E-state index contributed by atoms with van der Waals surface area (Å²) in [7, 11) is 0. The fraction of sp³-hybridized carbons (Fsp3) is 0.458. The molecule has 0 aliphatic carbocycles. The SMILES string of the molecule is CC(C)(C)OC(=O)N1CCC(n2cccc2C(=O)NNC(=O)C2COc3ccccc3O2)CC1. The molecule has 1 fully saturated rings. The maximum atomic E-state index is 12.8. The van der Waals surface area contributed by atoms with Crippen molar-refractivity contribution < 1.29 is 28.6 Å². The Morgan fingerprint density at radius 1 is 1.00 bits per heavy atom. The average Bonchev–Trinajstić information content (AvgIpc) is 3.31. The number of amides is 3. The largest absolute Gasteiger partial charge is 0.485 e. The molecule has 1 atom stereocenters. The summed E-state index contributed by atoms with van der Waals surface area (Å²) in [6, 6.07) is 10.6. The zero-order valence-electron chi connectivity index (χ0n) is 19.6. The van der Waals surface area contributed by atoms with E-state index in [0.29, 0.717) is 43.1 Å². The third-order valence-corrected chi connectivity index (χ3v) is 5.62. The molecule has 34 heavy (non-hydrogen) atoms. The van der Waals surface area contributed by atoms with E-state index in [1.807, 2.05) is 37.6 Å². The van der Waals surface area contributed by atoms with Crippen molar-refractivity contribution in [3.63, 3.8) is 0 Å². The van der Waals surface area contributed by atoms with Crippen LogP contribution in [0, 0.1) is 0 Å². The molecular weight excluding hydrogens is 440 g/mol. The van der Waals surface area contributed by atoms with Crippen LogP contribution in [-0.4, -0.2) is 58.8 Å². The first-order chi connectivity index (χ1) is 16.2. The number of hydrogen-bond donors (Lipinski definition) is 2. The van der Waals surface area contributed by atoms with Crippen molar-refractivity contribution in [2.75, 3.05) is 19.7 Å². The monoisotopic (exact) mass is 470 g/mol. The van der Waals surface area contributed by atoms with Gasteiger partial charge >= 0.3 is 6.09 Å². The summed E-state index contributed by atoms with van der Waals surface area (Å²) in [5.41, 5.74) is 4.76. The summed E-state index contributed by atoms with van der Waals surface area (Å²) in [5, 5.41) is 0. The molecule has 10 nitrogen and oxygen atoms in total. The second kappa shape index (κ2) is 9.66. The van der Waals surface area contributed by atoms with Gasteiger partial charge in [-0.05, 0) is 57.9 Å². The lowest BCUT2D eigenvalue weighted by molar-refractivity contribution is -0.131. The number of rotatable bonds is 3. The van der Waals surface area contributed by atoms with Gasteiger partial charge in [-0.15, -0.1) is 0 Å². The van der Waals surface area contributed by atoms with E-state index in [-0.39, 0.29) is 18.7 Å². The predicted molar refractivity (Wildman–Crippen MR) is 122 cm³/mol. The normalized spacial score (nSPS) is 18.2. The van der Waals surface area contributed by atoms with E-state index in [1.54, 1.807) is 35.2 Å². The lowest BCUT2D eigenvalue weighted by atomic mass is 10.0. The smallest absolute Gasteiger partial charge is 0.410 e. The summed E-state index contributed by atoms with van der Waals surface area (Å²) >= 11 is 0. The van der Waals surface area contributed by atoms with Crippen LogP contribution < -0.4 is 20.3 Å². The summed E-state index contributed by atoms with van der Waals surface area (Å²) in [4.78, 5) is 39.3. The first-order valence-corrected chi connectivity index (χ1v) is 11.3. The maximum Gasteiger partial charge on any atom is 0.410 e. The number of ether oxygens (including phenoxy) is 3. The Bertz CT molecular complexity index is 1050. The molecule has 0 radical (unpaired) electrons. The molecule has 2 aliphatic heterocycles. The molecule has 2 aliphatic rings. The quantitative estimate of drug-likeness (QED) is 0.668. The van der Waals surface area contributed by atoms with E-state index >= 15 is 0 Å². The molecule has 1 aromatic carbocycles. The molecule has 0 bridgehead atoms. The van der Waals surface area contributed by atoms with Crippen LogP contribution in [0.4, 0.5) is 4.79 Å². The second-order valence-corrected chi connectivity index (χ2v) is 9.31. The number of aromatic nitrogens is 1. The van der Waals surface area contributed by atoms with E-state index in [9.17, 15) is 14.4 Å². The van der Waals surface area contributed by atoms with Crippen molar-refractivity contribution in [2.24, 2.45) is 0 Å². The Balaban J connectivity index is 1.29. The average molecular weight is 471 g/mol. The minimum atomic E-state index is -0.876. The molecule has 10 heteroatoms. The zero-order valence-corrected chi connectivity index (χ0v) is 19.6. The van der Waals surface area contributed by atoms with Crippen molar-refractivity contribution in [3.8, 4) is 11.5 Å². The highest BCUT2D eigenvalue weighted by Crippen LogP contribution is 2.31. The number of nitrogens with one attached hydrogen (secondary N) is 2. The molecule has 1 aromatic heterocycles. The highest BCUT2D eigenvalue weighted by molar-refractivity contribution is 5.94. The Labute approximate surface area is 198 Å². The number of carbonyl (C=O) groups is 3. The van der Waals surface area contributed by atoms with Crippen molar-refractivity contribution in [2.45, 2.75) is 51.4 Å². The molecule has 0 spiro atoms. The van der Waals surface area contributed by atoms with Crippen LogP contribution in [0.25, 0.3) is 0 Å². The summed E-state index contributed by atoms with van der Waals surface area (Å²) in [5.74, 6) is 0.106. The van der Waals surface area contributed by atoms with Gasteiger partial charge in [-0.25, -0.2) is 4.79 Å². The fourth-order valence-electron chi connectivity index (χ4n) is 3.97. The van der Waals surface area contributed by atoms with Crippen molar-refractivity contribution in [3.05, 3.63) is 48.3 Å². The van der Waals surface area contributed by atoms with Gasteiger partial charge in [0.15, 0.2) is 11.5 Å². The van der Waals surface area contributed by atoms with Crippen LogP contribution in [-0.2, 0) is 9.53 Å². The van der Waals surface area contributed by atoms with E-state index in [2.05, 4.69) is 10.9 Å². The highest BCUT2D eigenvalue weighted by Gasteiger charge is 2.30. The summed E-state index contributed by atoms with van der Waals surface area (Å²) in [6.07, 6.45) is 2.01. The predicted octanol–water partition coefficient (Wildman–Crippen LogP) is 2.66. The Hall–Kier alpha value is -3.69. The zero-order chi connectivity index (χ0) is 24.3. The molecule has 1 saturated heterocycles. The van der Waals surface area contributed by atoms with E-state index < -0.39 is 23.5 Å². The molecule has 3 amide bonds. The van der Waals surface area contributed by atoms with Gasteiger partial charge < -0.3 is 23.7 Å². The second-order valence-electron chi connectivity index (χ2n) is 9.31. The molecule has 0 saturated carbocycles. The van der Waals surface area contributed by atoms with Gasteiger partial charge in [0.1, 0.15) is 17.9 Å². The van der Waals surface area contributed by atoms with Crippen LogP contribution >= 0.6 is 0 Å². The molecule has 2 aromatic rings. The lowest BCUT2D eigenvalue weighted by Crippen LogP contribution is -2.51. The Kier molecular flexibility index (Phi) is 6.67. The van der Waals surface area contributed by atoms with Gasteiger partial charge in [0.05, 0.1) is 0 Å². The number of hydrogen-bond acceptors (Lipinski definition) is 6. The number of piperidine rings is 1. The Morgan fingerprint density at radius 3 is 2.41 bits per heavy atom. The molecule has 4 rings (SSSR count). The molecule has 3 heterocycles. The van der Waals surface area contributed by atoms with Gasteiger partial charge in [0, 0.05) is 25.3 Å². The van der Waals surface area contributed by atoms with Crippen molar-refractivity contribution in [1.29, 1.82) is 0 Å². The van der Waals surface area contributed by atoms with Gasteiger partial charge in [-0.1, -0.05) is 12.1 Å². The standard InChI is InChI=1S/C24H30N4O6/c1-24(2,3)34-23(31)27-13-10-16(11-14-27)28-12-6-7-17(28)21(29)25-26-22(30)20-15-32-18-8-4-5-9-19(18)33-20/h4-9,12,16,20H,10-11,13-15H2,1-3H3,(H,25,29)(H,26,30). The molecule has 182 valence electrons. The Morgan fingerprint density at radius 2 is 1.71 bits per heavy atom. The lowest BCUT2D eigenvalue weighted by Gasteiger charge is -2.34. The van der Waals surface area contributed by atoms with Crippen LogP contribution in [0.2, 0.25) is 0 Å². The van der Waals surface area contributed by atoms with E-state index in [1.165, 1.54) is 0 Å². The highest BCUT2D eigenvalue weighted by atomic mass is 16.6. The van der Waals surface area contributed by atoms with Crippen LogP contribution in [0.15, 0.2) is 42.6 Å². The number of fused-ring (bicyclic) bond motifs is 1. The fourth-order valence-corrected chi connectivity index (χ4v) is 3.97. The van der Waals surface area contributed by atoms with E-state index in [4.69, 9.17) is 14.2 Å². The number of para-hydroxylation sites is 2. The van der Waals surface area contributed by atoms with E-state index in [0.717, 1.165) is 0 Å². The van der Waals surface area contributed by atoms with Gasteiger partial charge in [-0.2, -0.15) is 0 Å². The van der Waals surface area contributed by atoms with Gasteiger partial charge in [-0.3, -0.25) is 20.4 Å². The number of benzene rings is 1. The number of nitrogens with zero attached hydrogens (tertiary/aromatic N) is 2. The van der Waals surface area contributed by atoms with Crippen LogP contribution in [0.3, 0.4) is 0 Å². The first-order valence-electron chi connectivity index (χ1n) is 11.3. The van der Waals surface area contributed by atoms with Crippen LogP contribution in [0.1, 0.15) is 50.1 Å². The summed E-state index contributed by atoms with van der Waals surface area (Å²) < 4.78 is 18.5. The van der Waals surface area contributed by atoms with Crippen molar-refractivity contribution >= 4 is 17.9 Å². The third-order valence-electron chi connectivity index (χ3n) is 5.62. The maximum absolute atomic E-state index is 12.8. The van der Waals surface area contributed by atoms with Crippen molar-refractivity contribution in [1.82, 2.24) is 20.3 Å². The molecule has 2 N–H and O–H groups in total. The van der Waals surface area contributed by atoms with Crippen LogP contribution in [0.5, 0.6) is 11.5 Å². The molecular formula is C24H30N4O6. The first kappa shape index (κ1) is 23.5. The number of hydrazine groups is 1. The minimum Gasteiger partial charge on any atom is -0.485 e. The number of carbonyl (C=O) groups excluding carboxylic acids is 3. The third kappa shape index (κ3) is 5.44. The topological polar surface area (TPSA) is 111 Å². The van der Waals surface area contributed by atoms with Gasteiger partial charge in [0.25, 0.3) is 11.8 Å².